The summed E-state index contributed by atoms with van der Waals surface area (Å²) in [4.78, 5) is 27.4. The van der Waals surface area contributed by atoms with Crippen molar-refractivity contribution in [3.05, 3.63) is 41.5 Å². The van der Waals surface area contributed by atoms with Crippen LogP contribution in [0.25, 0.3) is 21.3 Å². The van der Waals surface area contributed by atoms with E-state index in [0.29, 0.717) is 12.3 Å². The van der Waals surface area contributed by atoms with Gasteiger partial charge in [0.2, 0.25) is 5.91 Å². The zero-order valence-corrected chi connectivity index (χ0v) is 18.6. The van der Waals surface area contributed by atoms with E-state index in [-0.39, 0.29) is 5.91 Å². The van der Waals surface area contributed by atoms with E-state index in [1.807, 2.05) is 6.07 Å². The molecule has 1 unspecified atom stereocenters. The molecule has 4 heterocycles. The topological polar surface area (TPSA) is 75.4 Å². The number of fused-ring (bicyclic) bond motifs is 1. The lowest BCUT2D eigenvalue weighted by atomic mass is 10.0. The molecule has 1 aromatic carbocycles. The van der Waals surface area contributed by atoms with Crippen molar-refractivity contribution in [1.29, 1.82) is 0 Å². The summed E-state index contributed by atoms with van der Waals surface area (Å²) in [6.45, 7) is 4.78. The quantitative estimate of drug-likeness (QED) is 0.632. The number of piperidine rings is 1. The number of hydrogen-bond donors (Lipinski definition) is 1. The van der Waals surface area contributed by atoms with Crippen LogP contribution in [-0.4, -0.2) is 47.0 Å². The number of carbonyl (C=O) groups is 1. The average Bonchev–Trinajstić information content (AvgIpc) is 3.41. The number of nitrogens with two attached hydrogens (primary N) is 1. The van der Waals surface area contributed by atoms with Crippen LogP contribution in [-0.2, 0) is 11.3 Å². The second-order valence-corrected chi connectivity index (χ2v) is 9.63. The maximum Gasteiger partial charge on any atom is 0.217 e. The Kier molecular flexibility index (Phi) is 5.87. The molecule has 0 spiro atoms. The highest BCUT2D eigenvalue weighted by molar-refractivity contribution is 7.17. The number of hydrogen-bond acceptors (Lipinski definition) is 6. The van der Waals surface area contributed by atoms with Gasteiger partial charge in [-0.15, -0.1) is 11.3 Å². The highest BCUT2D eigenvalue weighted by Crippen LogP contribution is 2.40. The number of carbonyl (C=O) groups excluding carboxylic acids is 1. The molecule has 31 heavy (non-hydrogen) atoms. The lowest BCUT2D eigenvalue weighted by Gasteiger charge is -2.26. The largest absolute Gasteiger partial charge is 0.370 e. The van der Waals surface area contributed by atoms with Gasteiger partial charge in [0, 0.05) is 30.5 Å². The van der Waals surface area contributed by atoms with Crippen LogP contribution < -0.4 is 10.6 Å². The van der Waals surface area contributed by atoms with Gasteiger partial charge in [-0.25, -0.2) is 9.97 Å². The molecule has 2 fully saturated rings. The molecule has 162 valence electrons. The van der Waals surface area contributed by atoms with Crippen LogP contribution in [0.1, 0.15) is 37.9 Å². The van der Waals surface area contributed by atoms with Crippen molar-refractivity contribution >= 4 is 33.3 Å². The first-order valence-electron chi connectivity index (χ1n) is 11.3. The van der Waals surface area contributed by atoms with E-state index in [1.54, 1.807) is 11.3 Å². The SMILES string of the molecule is NC(=O)CC1CCN(c2nc(CN3CCCCC3)nc3scc(-c4ccccc4)c23)C1. The van der Waals surface area contributed by atoms with Crippen molar-refractivity contribution in [1.82, 2.24) is 14.9 Å². The van der Waals surface area contributed by atoms with Crippen LogP contribution in [0.5, 0.6) is 0 Å². The van der Waals surface area contributed by atoms with Gasteiger partial charge in [-0.1, -0.05) is 36.8 Å². The molecule has 2 saturated heterocycles. The van der Waals surface area contributed by atoms with Gasteiger partial charge in [0.05, 0.1) is 11.9 Å². The van der Waals surface area contributed by atoms with Gasteiger partial charge in [0.15, 0.2) is 0 Å². The Hall–Kier alpha value is -2.51. The van der Waals surface area contributed by atoms with Crippen molar-refractivity contribution in [2.75, 3.05) is 31.1 Å². The summed E-state index contributed by atoms with van der Waals surface area (Å²) in [6.07, 6.45) is 5.25. The third-order valence-corrected chi connectivity index (χ3v) is 7.31. The maximum absolute atomic E-state index is 11.5. The Morgan fingerprint density at radius 1 is 1.10 bits per heavy atom. The fourth-order valence-electron chi connectivity index (χ4n) is 4.89. The third kappa shape index (κ3) is 4.43. The van der Waals surface area contributed by atoms with E-state index in [1.165, 1.54) is 30.4 Å². The standard InChI is InChI=1S/C24H29N5OS/c25-20(30)13-17-9-12-29(14-17)23-22-19(18-7-3-1-4-8-18)16-31-24(22)27-21(26-23)15-28-10-5-2-6-11-28/h1,3-4,7-8,16-17H,2,5-6,9-15H2,(H2,25,30). The lowest BCUT2D eigenvalue weighted by Crippen LogP contribution is -2.30. The minimum atomic E-state index is -0.217. The van der Waals surface area contributed by atoms with Crippen LogP contribution >= 0.6 is 11.3 Å². The summed E-state index contributed by atoms with van der Waals surface area (Å²) in [6, 6.07) is 10.5. The number of nitrogens with zero attached hydrogens (tertiary/aromatic N) is 4. The molecule has 2 N–H and O–H groups in total. The highest BCUT2D eigenvalue weighted by Gasteiger charge is 2.28. The van der Waals surface area contributed by atoms with Gasteiger partial charge >= 0.3 is 0 Å². The van der Waals surface area contributed by atoms with Crippen LogP contribution in [0.15, 0.2) is 35.7 Å². The third-order valence-electron chi connectivity index (χ3n) is 6.43. The van der Waals surface area contributed by atoms with E-state index in [2.05, 4.69) is 39.4 Å². The van der Waals surface area contributed by atoms with E-state index >= 15 is 0 Å². The highest BCUT2D eigenvalue weighted by atomic mass is 32.1. The second-order valence-electron chi connectivity index (χ2n) is 8.77. The molecule has 2 aliphatic rings. The zero-order valence-electron chi connectivity index (χ0n) is 17.8. The van der Waals surface area contributed by atoms with Gasteiger partial charge < -0.3 is 10.6 Å². The van der Waals surface area contributed by atoms with Gasteiger partial charge in [0.1, 0.15) is 16.5 Å². The van der Waals surface area contributed by atoms with Crippen molar-refractivity contribution in [2.45, 2.75) is 38.6 Å². The molecule has 0 aliphatic carbocycles. The molecule has 0 saturated carbocycles. The summed E-state index contributed by atoms with van der Waals surface area (Å²) in [5.41, 5.74) is 7.85. The summed E-state index contributed by atoms with van der Waals surface area (Å²) in [7, 11) is 0. The minimum absolute atomic E-state index is 0.217. The molecule has 2 aromatic heterocycles. The molecule has 7 heteroatoms. The number of aromatic nitrogens is 2. The Morgan fingerprint density at radius 2 is 1.90 bits per heavy atom. The van der Waals surface area contributed by atoms with Gasteiger partial charge in [-0.2, -0.15) is 0 Å². The van der Waals surface area contributed by atoms with E-state index in [9.17, 15) is 4.79 Å². The van der Waals surface area contributed by atoms with E-state index < -0.39 is 0 Å². The van der Waals surface area contributed by atoms with Crippen molar-refractivity contribution in [3.63, 3.8) is 0 Å². The first-order chi connectivity index (χ1) is 15.2. The monoisotopic (exact) mass is 435 g/mol. The number of amides is 1. The summed E-state index contributed by atoms with van der Waals surface area (Å²) < 4.78 is 0. The number of benzene rings is 1. The lowest BCUT2D eigenvalue weighted by molar-refractivity contribution is -0.118. The number of rotatable bonds is 6. The molecule has 1 atom stereocenters. The smallest absolute Gasteiger partial charge is 0.217 e. The molecule has 0 bridgehead atoms. The van der Waals surface area contributed by atoms with Crippen LogP contribution in [0.2, 0.25) is 0 Å². The van der Waals surface area contributed by atoms with Crippen molar-refractivity contribution < 1.29 is 4.79 Å². The number of likely N-dealkylation sites (tertiary alicyclic amines) is 1. The number of thiophene rings is 1. The summed E-state index contributed by atoms with van der Waals surface area (Å²) >= 11 is 1.70. The van der Waals surface area contributed by atoms with E-state index in [0.717, 1.165) is 61.0 Å². The molecule has 2 aliphatic heterocycles. The molecule has 1 amide bonds. The fraction of sp³-hybridized carbons (Fsp3) is 0.458. The first-order valence-corrected chi connectivity index (χ1v) is 12.1. The molecular weight excluding hydrogens is 406 g/mol. The number of anilines is 1. The molecule has 0 radical (unpaired) electrons. The minimum Gasteiger partial charge on any atom is -0.370 e. The molecule has 5 rings (SSSR count). The molecule has 6 nitrogen and oxygen atoms in total. The molecular formula is C24H29N5OS. The van der Waals surface area contributed by atoms with E-state index in [4.69, 9.17) is 15.7 Å². The van der Waals surface area contributed by atoms with Crippen LogP contribution in [0.4, 0.5) is 5.82 Å². The first kappa shape index (κ1) is 20.4. The zero-order chi connectivity index (χ0) is 21.2. The Bertz CT molecular complexity index is 1060. The predicted octanol–water partition coefficient (Wildman–Crippen LogP) is 4.05. The average molecular weight is 436 g/mol. The fourth-order valence-corrected chi connectivity index (χ4v) is 5.85. The van der Waals surface area contributed by atoms with Gasteiger partial charge in [-0.3, -0.25) is 9.69 Å². The van der Waals surface area contributed by atoms with Gasteiger partial charge in [-0.05, 0) is 43.8 Å². The Balaban J connectivity index is 1.54. The summed E-state index contributed by atoms with van der Waals surface area (Å²) in [5, 5.41) is 3.35. The van der Waals surface area contributed by atoms with Crippen molar-refractivity contribution in [2.24, 2.45) is 11.7 Å². The number of primary amides is 1. The normalized spacial score (nSPS) is 19.9. The van der Waals surface area contributed by atoms with Gasteiger partial charge in [0.25, 0.3) is 0 Å². The van der Waals surface area contributed by atoms with Crippen molar-refractivity contribution in [3.8, 4) is 11.1 Å². The molecule has 3 aromatic rings. The summed E-state index contributed by atoms with van der Waals surface area (Å²) in [5.74, 6) is 2.01. The van der Waals surface area contributed by atoms with Crippen LogP contribution in [0, 0.1) is 5.92 Å². The Labute approximate surface area is 187 Å². The predicted molar refractivity (Wildman–Crippen MR) is 126 cm³/mol. The van der Waals surface area contributed by atoms with Crippen LogP contribution in [0.3, 0.4) is 0 Å². The Morgan fingerprint density at radius 3 is 2.68 bits per heavy atom. The maximum atomic E-state index is 11.5. The second kappa shape index (κ2) is 8.93.